The first-order valence-corrected chi connectivity index (χ1v) is 2.97. The van der Waals surface area contributed by atoms with E-state index in [4.69, 9.17) is 5.11 Å². The summed E-state index contributed by atoms with van der Waals surface area (Å²) in [5, 5.41) is 9.91. The quantitative estimate of drug-likeness (QED) is 0.611. The van der Waals surface area contributed by atoms with E-state index < -0.39 is 5.97 Å². The first-order chi connectivity index (χ1) is 5.58. The van der Waals surface area contributed by atoms with E-state index in [2.05, 4.69) is 25.1 Å². The summed E-state index contributed by atoms with van der Waals surface area (Å²) in [5.41, 5.74) is 0. The Kier molecular flexibility index (Phi) is 9.77. The normalized spacial score (nSPS) is 6.67. The largest absolute Gasteiger partial charge is 0.478 e. The number of amides is 1. The molecule has 12 heavy (non-hydrogen) atoms. The highest BCUT2D eigenvalue weighted by Crippen LogP contribution is 1.61. The Morgan fingerprint density at radius 2 is 1.58 bits per heavy atom. The summed E-state index contributed by atoms with van der Waals surface area (Å²) >= 11 is 0. The van der Waals surface area contributed by atoms with E-state index in [0.717, 1.165) is 6.08 Å². The molecular weight excluding hydrogens is 158 g/mol. The summed E-state index contributed by atoms with van der Waals surface area (Å²) in [6, 6.07) is 0. The van der Waals surface area contributed by atoms with E-state index in [-0.39, 0.29) is 5.91 Å². The fourth-order valence-electron chi connectivity index (χ4n) is 0.160. The van der Waals surface area contributed by atoms with Gasteiger partial charge in [0.25, 0.3) is 0 Å². The second-order valence-electron chi connectivity index (χ2n) is 1.46. The lowest BCUT2D eigenvalue weighted by atomic mass is 10.6. The maximum Gasteiger partial charge on any atom is 0.327 e. The van der Waals surface area contributed by atoms with Crippen molar-refractivity contribution >= 4 is 11.9 Å². The molecule has 4 nitrogen and oxygen atoms in total. The Hall–Kier alpha value is -1.84. The first kappa shape index (κ1) is 12.8. The van der Waals surface area contributed by atoms with Crippen LogP contribution in [0, 0.1) is 0 Å². The Morgan fingerprint density at radius 3 is 1.67 bits per heavy atom. The van der Waals surface area contributed by atoms with Gasteiger partial charge in [0, 0.05) is 6.08 Å². The van der Waals surface area contributed by atoms with Crippen LogP contribution >= 0.6 is 0 Å². The molecule has 0 saturated heterocycles. The maximum absolute atomic E-state index is 10.1. The number of carbonyl (C=O) groups is 2. The molecule has 0 unspecified atom stereocenters. The van der Waals surface area contributed by atoms with Crippen LogP contribution in [0.1, 0.15) is 0 Å². The predicted octanol–water partition coefficient (Wildman–Crippen LogP) is 0.689. The third-order valence-corrected chi connectivity index (χ3v) is 0.604. The molecule has 0 aliphatic heterocycles. The lowest BCUT2D eigenvalue weighted by Crippen LogP contribution is -2.11. The molecule has 0 aromatic heterocycles. The smallest absolute Gasteiger partial charge is 0.327 e. The topological polar surface area (TPSA) is 66.4 Å². The van der Waals surface area contributed by atoms with Crippen molar-refractivity contribution in [2.45, 2.75) is 0 Å². The molecule has 0 rings (SSSR count). The van der Waals surface area contributed by atoms with Crippen LogP contribution in [-0.4, -0.2) is 17.0 Å². The Morgan fingerprint density at radius 1 is 1.17 bits per heavy atom. The molecule has 0 heterocycles. The number of aliphatic carboxylic acids is 1. The molecule has 0 aliphatic rings. The third-order valence-electron chi connectivity index (χ3n) is 0.604. The average molecular weight is 169 g/mol. The van der Waals surface area contributed by atoms with Crippen LogP contribution in [0.3, 0.4) is 0 Å². The molecule has 0 bridgehead atoms. The number of carboxylic acids is 1. The molecule has 0 spiro atoms. The number of carboxylic acid groups (broad SMARTS) is 1. The molecule has 0 atom stereocenters. The van der Waals surface area contributed by atoms with Crippen molar-refractivity contribution in [1.82, 2.24) is 5.32 Å². The molecule has 0 aromatic rings. The van der Waals surface area contributed by atoms with E-state index in [1.54, 1.807) is 0 Å². The molecule has 0 saturated carbocycles. The molecule has 2 N–H and O–H groups in total. The van der Waals surface area contributed by atoms with Crippen LogP contribution < -0.4 is 5.32 Å². The van der Waals surface area contributed by atoms with Crippen molar-refractivity contribution in [3.05, 3.63) is 38.1 Å². The van der Waals surface area contributed by atoms with Gasteiger partial charge in [0.05, 0.1) is 0 Å². The fourth-order valence-corrected chi connectivity index (χ4v) is 0.160. The summed E-state index contributed by atoms with van der Waals surface area (Å²) in [5.74, 6) is -1.21. The number of hydrogen-bond donors (Lipinski definition) is 2. The highest BCUT2D eigenvalue weighted by Gasteiger charge is 1.81. The Bertz CT molecular complexity index is 196. The standard InChI is InChI=1S/C5H7NO.C3H4O2/c1-3-5(7)6-4-2;1-2-3(4)5/h3-4H,1-2H2,(H,6,7);2H,1H2,(H,4,5). The minimum absolute atomic E-state index is 0.227. The van der Waals surface area contributed by atoms with Crippen molar-refractivity contribution in [3.63, 3.8) is 0 Å². The van der Waals surface area contributed by atoms with Crippen molar-refractivity contribution in [1.29, 1.82) is 0 Å². The van der Waals surface area contributed by atoms with Crippen molar-refractivity contribution in [2.75, 3.05) is 0 Å². The van der Waals surface area contributed by atoms with Gasteiger partial charge in [0.15, 0.2) is 0 Å². The zero-order valence-corrected chi connectivity index (χ0v) is 6.62. The molecule has 0 radical (unpaired) electrons. The minimum atomic E-state index is -0.981. The number of rotatable bonds is 3. The maximum atomic E-state index is 10.1. The summed E-state index contributed by atoms with van der Waals surface area (Å²) in [6.45, 7) is 9.45. The van der Waals surface area contributed by atoms with Crippen LogP contribution in [0.25, 0.3) is 0 Å². The summed E-state index contributed by atoms with van der Waals surface area (Å²) in [4.78, 5) is 19.4. The lowest BCUT2D eigenvalue weighted by molar-refractivity contribution is -0.131. The van der Waals surface area contributed by atoms with Crippen LogP contribution in [0.4, 0.5) is 0 Å². The minimum Gasteiger partial charge on any atom is -0.478 e. The first-order valence-electron chi connectivity index (χ1n) is 2.97. The second-order valence-corrected chi connectivity index (χ2v) is 1.46. The molecule has 0 aromatic carbocycles. The highest BCUT2D eigenvalue weighted by molar-refractivity contribution is 5.87. The van der Waals surface area contributed by atoms with Gasteiger partial charge in [0.1, 0.15) is 0 Å². The second kappa shape index (κ2) is 9.16. The van der Waals surface area contributed by atoms with Gasteiger partial charge in [-0.15, -0.1) is 0 Å². The van der Waals surface area contributed by atoms with Gasteiger partial charge in [-0.1, -0.05) is 19.7 Å². The molecular formula is C8H11NO3. The van der Waals surface area contributed by atoms with Crippen molar-refractivity contribution < 1.29 is 14.7 Å². The zero-order chi connectivity index (χ0) is 9.98. The van der Waals surface area contributed by atoms with E-state index in [0.29, 0.717) is 0 Å². The van der Waals surface area contributed by atoms with Gasteiger partial charge < -0.3 is 10.4 Å². The summed E-state index contributed by atoms with van der Waals surface area (Å²) < 4.78 is 0. The van der Waals surface area contributed by atoms with E-state index in [1.807, 2.05) is 0 Å². The van der Waals surface area contributed by atoms with Crippen LogP contribution in [0.2, 0.25) is 0 Å². The van der Waals surface area contributed by atoms with Crippen LogP contribution in [-0.2, 0) is 9.59 Å². The SMILES string of the molecule is C=CC(=O)O.C=CNC(=O)C=C. The monoisotopic (exact) mass is 169 g/mol. The van der Waals surface area contributed by atoms with Crippen LogP contribution in [0.15, 0.2) is 38.1 Å². The predicted molar refractivity (Wildman–Crippen MR) is 46.4 cm³/mol. The summed E-state index contributed by atoms with van der Waals surface area (Å²) in [7, 11) is 0. The van der Waals surface area contributed by atoms with Gasteiger partial charge in [-0.05, 0) is 12.3 Å². The fraction of sp³-hybridized carbons (Fsp3) is 0. The number of carbonyl (C=O) groups excluding carboxylic acids is 1. The van der Waals surface area contributed by atoms with Crippen molar-refractivity contribution in [3.8, 4) is 0 Å². The van der Waals surface area contributed by atoms with E-state index in [1.165, 1.54) is 12.3 Å². The molecule has 1 amide bonds. The zero-order valence-electron chi connectivity index (χ0n) is 6.62. The average Bonchev–Trinajstić information content (AvgIpc) is 2.06. The Balaban J connectivity index is 0. The number of hydrogen-bond acceptors (Lipinski definition) is 2. The molecule has 4 heteroatoms. The van der Waals surface area contributed by atoms with Gasteiger partial charge in [0.2, 0.25) is 5.91 Å². The summed E-state index contributed by atoms with van der Waals surface area (Å²) in [6.07, 6.45) is 3.33. The molecule has 0 aliphatic carbocycles. The lowest BCUT2D eigenvalue weighted by Gasteiger charge is -1.85. The third kappa shape index (κ3) is 15.7. The van der Waals surface area contributed by atoms with Gasteiger partial charge in [-0.2, -0.15) is 0 Å². The molecule has 66 valence electrons. The Labute approximate surface area is 70.9 Å². The number of nitrogens with one attached hydrogen (secondary N) is 1. The molecule has 0 fully saturated rings. The van der Waals surface area contributed by atoms with E-state index >= 15 is 0 Å². The van der Waals surface area contributed by atoms with Crippen LogP contribution in [0.5, 0.6) is 0 Å². The van der Waals surface area contributed by atoms with Gasteiger partial charge in [-0.25, -0.2) is 4.79 Å². The van der Waals surface area contributed by atoms with Crippen molar-refractivity contribution in [2.24, 2.45) is 0 Å². The highest BCUT2D eigenvalue weighted by atomic mass is 16.4. The van der Waals surface area contributed by atoms with E-state index in [9.17, 15) is 9.59 Å². The van der Waals surface area contributed by atoms with Gasteiger partial charge in [-0.3, -0.25) is 4.79 Å². The van der Waals surface area contributed by atoms with Gasteiger partial charge >= 0.3 is 5.97 Å².